The van der Waals surface area contributed by atoms with Crippen molar-refractivity contribution in [3.05, 3.63) is 47.2 Å². The van der Waals surface area contributed by atoms with Gasteiger partial charge in [0.1, 0.15) is 5.82 Å². The molecule has 2 aliphatic rings. The molecule has 1 atom stereocenters. The molecule has 0 saturated heterocycles. The number of rotatable bonds is 3. The Bertz CT molecular complexity index is 754. The quantitative estimate of drug-likeness (QED) is 0.930. The Kier molecular flexibility index (Phi) is 4.14. The van der Waals surface area contributed by atoms with Crippen molar-refractivity contribution in [3.8, 4) is 0 Å². The van der Waals surface area contributed by atoms with Crippen LogP contribution in [0.1, 0.15) is 23.7 Å². The molecule has 1 aromatic heterocycles. The second-order valence-corrected chi connectivity index (χ2v) is 7.40. The highest BCUT2D eigenvalue weighted by atomic mass is 32.2. The van der Waals surface area contributed by atoms with Crippen LogP contribution < -0.4 is 5.32 Å². The van der Waals surface area contributed by atoms with Crippen molar-refractivity contribution in [2.45, 2.75) is 36.5 Å². The molecule has 1 aromatic carbocycles. The van der Waals surface area contributed by atoms with E-state index >= 15 is 0 Å². The average molecular weight is 340 g/mol. The molecule has 1 unspecified atom stereocenters. The van der Waals surface area contributed by atoms with Gasteiger partial charge in [-0.3, -0.25) is 4.79 Å². The lowest BCUT2D eigenvalue weighted by atomic mass is 10.0. The van der Waals surface area contributed by atoms with Crippen LogP contribution in [-0.2, 0) is 24.2 Å². The summed E-state index contributed by atoms with van der Waals surface area (Å²) in [6, 6.07) is 10.3. The highest BCUT2D eigenvalue weighted by Crippen LogP contribution is 2.38. The number of nitrogens with zero attached hydrogens (tertiary/aromatic N) is 3. The lowest BCUT2D eigenvalue weighted by molar-refractivity contribution is -0.131. The van der Waals surface area contributed by atoms with Crippen LogP contribution in [-0.4, -0.2) is 39.3 Å². The third kappa shape index (κ3) is 2.86. The fourth-order valence-corrected chi connectivity index (χ4v) is 4.59. The van der Waals surface area contributed by atoms with Gasteiger partial charge in [-0.15, -0.1) is 16.9 Å². The molecule has 1 amide bonds. The number of fused-ring (bicyclic) bond motifs is 2. The molecule has 6 heteroatoms. The number of anilines is 1. The molecule has 0 bridgehead atoms. The molecule has 2 aliphatic heterocycles. The minimum atomic E-state index is 0.00647. The maximum absolute atomic E-state index is 12.9. The van der Waals surface area contributed by atoms with Gasteiger partial charge in [-0.2, -0.15) is 5.10 Å². The summed E-state index contributed by atoms with van der Waals surface area (Å²) in [6.07, 6.45) is 1.62. The summed E-state index contributed by atoms with van der Waals surface area (Å²) in [4.78, 5) is 16.2. The van der Waals surface area contributed by atoms with Gasteiger partial charge in [-0.1, -0.05) is 18.2 Å². The Morgan fingerprint density at radius 1 is 1.33 bits per heavy atom. The maximum atomic E-state index is 12.9. The first-order valence-corrected chi connectivity index (χ1v) is 9.25. The van der Waals surface area contributed by atoms with E-state index < -0.39 is 0 Å². The number of amides is 1. The number of hydrogen-bond donors (Lipinski definition) is 1. The van der Waals surface area contributed by atoms with E-state index in [0.29, 0.717) is 6.54 Å². The fourth-order valence-electron chi connectivity index (χ4n) is 3.31. The van der Waals surface area contributed by atoms with E-state index in [4.69, 9.17) is 0 Å². The van der Waals surface area contributed by atoms with Crippen LogP contribution in [0.5, 0.6) is 0 Å². The molecular weight excluding hydrogens is 320 g/mol. The van der Waals surface area contributed by atoms with E-state index in [1.54, 1.807) is 11.8 Å². The molecule has 5 nitrogen and oxygen atoms in total. The number of thioether (sulfide) groups is 1. The van der Waals surface area contributed by atoms with Gasteiger partial charge in [-0.25, -0.2) is 0 Å². The van der Waals surface area contributed by atoms with Crippen molar-refractivity contribution < 1.29 is 4.79 Å². The summed E-state index contributed by atoms with van der Waals surface area (Å²) in [5, 5.41) is 11.7. The number of benzene rings is 1. The van der Waals surface area contributed by atoms with Gasteiger partial charge in [0.25, 0.3) is 0 Å². The number of nitrogens with one attached hydrogen (secondary N) is 1. The Morgan fingerprint density at radius 3 is 3.04 bits per heavy atom. The van der Waals surface area contributed by atoms with Gasteiger partial charge in [0.2, 0.25) is 5.91 Å². The van der Waals surface area contributed by atoms with E-state index in [1.165, 1.54) is 10.5 Å². The predicted octanol–water partition coefficient (Wildman–Crippen LogP) is 2.51. The molecule has 1 N–H and O–H groups in total. The highest BCUT2D eigenvalue weighted by molar-refractivity contribution is 8.01. The number of carbonyl (C=O) groups excluding carboxylic acids is 1. The van der Waals surface area contributed by atoms with E-state index in [1.807, 2.05) is 30.0 Å². The van der Waals surface area contributed by atoms with Crippen LogP contribution in [0, 0.1) is 0 Å². The predicted molar refractivity (Wildman–Crippen MR) is 95.1 cm³/mol. The largest absolute Gasteiger partial charge is 0.369 e. The minimum Gasteiger partial charge on any atom is -0.369 e. The fraction of sp³-hybridized carbons (Fsp3) is 0.389. The van der Waals surface area contributed by atoms with Crippen LogP contribution >= 0.6 is 11.8 Å². The van der Waals surface area contributed by atoms with Crippen LogP contribution in [0.4, 0.5) is 5.82 Å². The summed E-state index contributed by atoms with van der Waals surface area (Å²) in [5.74, 6) is 1.02. The van der Waals surface area contributed by atoms with Crippen molar-refractivity contribution in [1.29, 1.82) is 0 Å². The molecule has 0 radical (unpaired) electrons. The Balaban J connectivity index is 1.48. The number of hydrogen-bond acceptors (Lipinski definition) is 5. The summed E-state index contributed by atoms with van der Waals surface area (Å²) >= 11 is 1.70. The molecule has 3 heterocycles. The lowest BCUT2D eigenvalue weighted by Gasteiger charge is -2.30. The van der Waals surface area contributed by atoms with Crippen LogP contribution in [0.25, 0.3) is 0 Å². The van der Waals surface area contributed by atoms with E-state index in [-0.39, 0.29) is 11.2 Å². The second-order valence-electron chi connectivity index (χ2n) is 6.16. The summed E-state index contributed by atoms with van der Waals surface area (Å²) in [5.41, 5.74) is 3.42. The Labute approximate surface area is 145 Å². The Hall–Kier alpha value is -2.08. The number of aromatic nitrogens is 2. The maximum Gasteiger partial charge on any atom is 0.236 e. The average Bonchev–Trinajstić information content (AvgIpc) is 3.05. The van der Waals surface area contributed by atoms with Gasteiger partial charge < -0.3 is 10.2 Å². The van der Waals surface area contributed by atoms with Crippen LogP contribution in [0.2, 0.25) is 0 Å². The van der Waals surface area contributed by atoms with Crippen molar-refractivity contribution in [3.63, 3.8) is 0 Å². The van der Waals surface area contributed by atoms with Gasteiger partial charge in [-0.05, 0) is 36.6 Å². The molecule has 0 aliphatic carbocycles. The van der Waals surface area contributed by atoms with Crippen molar-refractivity contribution in [1.82, 2.24) is 15.1 Å². The van der Waals surface area contributed by atoms with E-state index in [0.717, 1.165) is 43.0 Å². The molecular formula is C18H20N4OS. The van der Waals surface area contributed by atoms with Gasteiger partial charge in [0, 0.05) is 31.0 Å². The van der Waals surface area contributed by atoms with Crippen LogP contribution in [0.3, 0.4) is 0 Å². The zero-order valence-electron chi connectivity index (χ0n) is 13.7. The summed E-state index contributed by atoms with van der Waals surface area (Å²) in [7, 11) is 0. The number of carbonyl (C=O) groups is 1. The zero-order chi connectivity index (χ0) is 16.5. The summed E-state index contributed by atoms with van der Waals surface area (Å²) in [6.45, 7) is 4.21. The third-order valence-electron chi connectivity index (χ3n) is 4.53. The van der Waals surface area contributed by atoms with Crippen LogP contribution in [0.15, 0.2) is 35.2 Å². The van der Waals surface area contributed by atoms with E-state index in [2.05, 4.69) is 27.6 Å². The SMILES string of the molecule is CCNc1cc2c(nn1)CCN(C(=O)C1Cc3ccccc3S1)C2. The molecule has 0 fully saturated rings. The molecule has 2 aromatic rings. The smallest absolute Gasteiger partial charge is 0.236 e. The molecule has 0 saturated carbocycles. The molecule has 0 spiro atoms. The first kappa shape index (κ1) is 15.4. The minimum absolute atomic E-state index is 0.00647. The first-order valence-electron chi connectivity index (χ1n) is 8.37. The monoisotopic (exact) mass is 340 g/mol. The third-order valence-corrected chi connectivity index (χ3v) is 5.84. The van der Waals surface area contributed by atoms with Crippen molar-refractivity contribution in [2.24, 2.45) is 0 Å². The molecule has 124 valence electrons. The zero-order valence-corrected chi connectivity index (χ0v) is 14.5. The normalized spacial score (nSPS) is 18.9. The van der Waals surface area contributed by atoms with Crippen molar-refractivity contribution in [2.75, 3.05) is 18.4 Å². The van der Waals surface area contributed by atoms with E-state index in [9.17, 15) is 4.79 Å². The standard InChI is InChI=1S/C18H20N4OS/c1-2-19-17-10-13-11-22(8-7-14(13)20-21-17)18(23)16-9-12-5-3-4-6-15(12)24-16/h3-6,10,16H,2,7-9,11H2,1H3,(H,19,21). The Morgan fingerprint density at radius 2 is 2.21 bits per heavy atom. The second kappa shape index (κ2) is 6.43. The van der Waals surface area contributed by atoms with Crippen molar-refractivity contribution >= 4 is 23.5 Å². The summed E-state index contributed by atoms with van der Waals surface area (Å²) < 4.78 is 0. The van der Waals surface area contributed by atoms with Gasteiger partial charge in [0.15, 0.2) is 0 Å². The lowest BCUT2D eigenvalue weighted by Crippen LogP contribution is -2.41. The highest BCUT2D eigenvalue weighted by Gasteiger charge is 2.33. The van der Waals surface area contributed by atoms with Gasteiger partial charge >= 0.3 is 0 Å². The topological polar surface area (TPSA) is 58.1 Å². The molecule has 4 rings (SSSR count). The van der Waals surface area contributed by atoms with Gasteiger partial charge in [0.05, 0.1) is 10.9 Å². The molecule has 24 heavy (non-hydrogen) atoms. The first-order chi connectivity index (χ1) is 11.7.